The number of halogens is 1. The topological polar surface area (TPSA) is 192 Å². The summed E-state index contributed by atoms with van der Waals surface area (Å²) >= 11 is 6.36. The Morgan fingerprint density at radius 1 is 1.18 bits per heavy atom. The first-order valence-corrected chi connectivity index (χ1v) is 15.4. The monoisotopic (exact) mass is 584 g/mol. The first-order valence-electron chi connectivity index (χ1n) is 13.2. The van der Waals surface area contributed by atoms with Crippen molar-refractivity contribution in [2.45, 2.75) is 82.5 Å². The molecule has 4 saturated carbocycles. The lowest BCUT2D eigenvalue weighted by atomic mass is 9.43. The lowest BCUT2D eigenvalue weighted by Gasteiger charge is -2.65. The van der Waals surface area contributed by atoms with Crippen molar-refractivity contribution in [3.05, 3.63) is 11.6 Å². The van der Waals surface area contributed by atoms with E-state index in [-0.39, 0.29) is 28.2 Å². The summed E-state index contributed by atoms with van der Waals surface area (Å²) in [5.41, 5.74) is 1.20. The van der Waals surface area contributed by atoms with Crippen molar-refractivity contribution in [3.8, 4) is 0 Å². The number of nitrogens with zero attached hydrogens (tertiary/aromatic N) is 4. The zero-order valence-electron chi connectivity index (χ0n) is 21.7. The van der Waals surface area contributed by atoms with E-state index in [9.17, 15) is 24.5 Å². The molecule has 214 valence electrons. The fourth-order valence-corrected chi connectivity index (χ4v) is 9.71. The van der Waals surface area contributed by atoms with Crippen LogP contribution in [-0.2, 0) is 14.1 Å². The minimum absolute atomic E-state index is 0.00459. The molecule has 0 amide bonds. The fourth-order valence-electron chi connectivity index (χ4n) is 8.60. The maximum absolute atomic E-state index is 12.0. The number of aliphatic carboxylic acids is 1. The van der Waals surface area contributed by atoms with Crippen LogP contribution < -0.4 is 10.4 Å². The SMILES string of the molecule is C[C@]12CC3CC(Nc4nc(Cl)nc5c4ncn5[C@@H]4O[C@H](CNP(=O)(O)CC(=O)O)C(O)C4O)(C1)C[C@@](C)(C3)C2. The maximum atomic E-state index is 12.0. The van der Waals surface area contributed by atoms with Crippen LogP contribution in [0.15, 0.2) is 6.33 Å². The number of carbonyl (C=O) groups is 1. The molecule has 4 aliphatic carbocycles. The van der Waals surface area contributed by atoms with E-state index in [1.165, 1.54) is 30.2 Å². The highest BCUT2D eigenvalue weighted by atomic mass is 35.5. The van der Waals surface area contributed by atoms with Crippen LogP contribution in [0.3, 0.4) is 0 Å². The Kier molecular flexibility index (Phi) is 6.35. The average molecular weight is 585 g/mol. The Bertz CT molecular complexity index is 1360. The number of hydrogen-bond donors (Lipinski definition) is 6. The third kappa shape index (κ3) is 4.96. The van der Waals surface area contributed by atoms with Gasteiger partial charge in [0.05, 0.1) is 6.33 Å². The van der Waals surface area contributed by atoms with Gasteiger partial charge in [0.15, 0.2) is 23.2 Å². The molecule has 39 heavy (non-hydrogen) atoms. The van der Waals surface area contributed by atoms with Crippen LogP contribution in [0.4, 0.5) is 5.82 Å². The van der Waals surface area contributed by atoms with E-state index in [1.807, 2.05) is 0 Å². The smallest absolute Gasteiger partial charge is 0.314 e. The molecule has 15 heteroatoms. The fraction of sp³-hybridized carbons (Fsp3) is 0.750. The number of fused-ring (bicyclic) bond motifs is 1. The molecule has 2 aromatic heterocycles. The Balaban J connectivity index is 1.26. The van der Waals surface area contributed by atoms with E-state index in [0.717, 1.165) is 19.3 Å². The maximum Gasteiger partial charge on any atom is 0.314 e. The summed E-state index contributed by atoms with van der Waals surface area (Å²) in [4.78, 5) is 34.0. The third-order valence-corrected chi connectivity index (χ3v) is 10.4. The molecule has 13 nitrogen and oxygen atoms in total. The number of aliphatic hydroxyl groups excluding tert-OH is 2. The Hall–Kier alpha value is -1.86. The highest BCUT2D eigenvalue weighted by Crippen LogP contribution is 2.67. The molecule has 3 heterocycles. The predicted molar refractivity (Wildman–Crippen MR) is 140 cm³/mol. The number of anilines is 1. The predicted octanol–water partition coefficient (Wildman–Crippen LogP) is 2.12. The van der Waals surface area contributed by atoms with Gasteiger partial charge in [-0.1, -0.05) is 13.8 Å². The summed E-state index contributed by atoms with van der Waals surface area (Å²) in [6.07, 6.45) is 2.25. The van der Waals surface area contributed by atoms with E-state index in [0.29, 0.717) is 22.9 Å². The molecule has 6 N–H and O–H groups in total. The van der Waals surface area contributed by atoms with Gasteiger partial charge in [0.25, 0.3) is 7.52 Å². The largest absolute Gasteiger partial charge is 0.481 e. The second-order valence-electron chi connectivity index (χ2n) is 12.9. The molecule has 5 aliphatic rings. The first-order chi connectivity index (χ1) is 18.2. The lowest BCUT2D eigenvalue weighted by molar-refractivity contribution is -0.134. The van der Waals surface area contributed by atoms with Crippen molar-refractivity contribution in [1.29, 1.82) is 0 Å². The summed E-state index contributed by atoms with van der Waals surface area (Å²) in [5, 5.41) is 36.1. The standard InChI is InChI=1S/C24H34ClN6O7P/c1-22-3-12-4-23(2,8-22)10-24(5-12,9-22)30-18-15-19(29-21(25)28-18)31(11-26-15)20-17(35)16(34)13(38-20)6-27-39(36,37)7-14(32)33/h11-13,16-17,20,34-35H,3-10H2,1-2H3,(H,32,33)(H2,27,36,37)(H,28,29,30)/t12?,13-,16?,17?,20-,22-,23+,24?/m1/s1. The number of carboxylic acids is 1. The van der Waals surface area contributed by atoms with Crippen molar-refractivity contribution in [3.63, 3.8) is 0 Å². The number of aliphatic hydroxyl groups is 2. The van der Waals surface area contributed by atoms with Crippen LogP contribution in [0.25, 0.3) is 11.2 Å². The summed E-state index contributed by atoms with van der Waals surface area (Å²) in [5.74, 6) is -0.270. The first kappa shape index (κ1) is 27.3. The zero-order valence-corrected chi connectivity index (χ0v) is 23.4. The van der Waals surface area contributed by atoms with E-state index in [4.69, 9.17) is 21.4 Å². The summed E-state index contributed by atoms with van der Waals surface area (Å²) in [7, 11) is -4.21. The quantitative estimate of drug-likeness (QED) is 0.196. The van der Waals surface area contributed by atoms with Crippen LogP contribution in [0.1, 0.15) is 58.6 Å². The molecule has 4 bridgehead atoms. The van der Waals surface area contributed by atoms with Crippen LogP contribution in [0.5, 0.6) is 0 Å². The van der Waals surface area contributed by atoms with E-state index in [2.05, 4.69) is 39.2 Å². The van der Waals surface area contributed by atoms with Gasteiger partial charge in [-0.05, 0) is 66.9 Å². The summed E-state index contributed by atoms with van der Waals surface area (Å²) in [6.45, 7) is 4.42. The van der Waals surface area contributed by atoms with Crippen molar-refractivity contribution < 1.29 is 34.3 Å². The number of imidazole rings is 1. The van der Waals surface area contributed by atoms with Gasteiger partial charge in [0.1, 0.15) is 24.5 Å². The van der Waals surface area contributed by atoms with Crippen LogP contribution in [0.2, 0.25) is 5.28 Å². The molecule has 5 fully saturated rings. The summed E-state index contributed by atoms with van der Waals surface area (Å²) < 4.78 is 19.3. The summed E-state index contributed by atoms with van der Waals surface area (Å²) in [6, 6.07) is 0. The van der Waals surface area contributed by atoms with Gasteiger partial charge in [-0.25, -0.2) is 10.1 Å². The van der Waals surface area contributed by atoms with Crippen molar-refractivity contribution in [2.75, 3.05) is 18.0 Å². The number of hydrogen-bond acceptors (Lipinski definition) is 9. The molecule has 0 radical (unpaired) electrons. The van der Waals surface area contributed by atoms with Gasteiger partial charge in [0.2, 0.25) is 5.28 Å². The van der Waals surface area contributed by atoms with Gasteiger partial charge < -0.3 is 30.3 Å². The van der Waals surface area contributed by atoms with E-state index < -0.39 is 44.2 Å². The molecule has 1 saturated heterocycles. The van der Waals surface area contributed by atoms with Crippen LogP contribution in [-0.4, -0.2) is 82.3 Å². The normalized spacial score (nSPS) is 40.7. The van der Waals surface area contributed by atoms with Crippen molar-refractivity contribution in [1.82, 2.24) is 24.6 Å². The van der Waals surface area contributed by atoms with Gasteiger partial charge >= 0.3 is 5.97 Å². The number of aromatic nitrogens is 4. The zero-order chi connectivity index (χ0) is 28.0. The minimum atomic E-state index is -4.21. The molecular weight excluding hydrogens is 551 g/mol. The van der Waals surface area contributed by atoms with E-state index >= 15 is 0 Å². The second-order valence-corrected chi connectivity index (χ2v) is 15.2. The van der Waals surface area contributed by atoms with Gasteiger partial charge in [-0.3, -0.25) is 13.9 Å². The average Bonchev–Trinajstić information content (AvgIpc) is 3.30. The minimum Gasteiger partial charge on any atom is -0.481 e. The third-order valence-electron chi connectivity index (χ3n) is 8.90. The van der Waals surface area contributed by atoms with Gasteiger partial charge in [-0.2, -0.15) is 9.97 Å². The molecule has 5 unspecified atom stereocenters. The van der Waals surface area contributed by atoms with Crippen molar-refractivity contribution >= 4 is 42.1 Å². The Labute approximate surface area is 229 Å². The Morgan fingerprint density at radius 3 is 2.51 bits per heavy atom. The molecule has 1 aliphatic heterocycles. The van der Waals surface area contributed by atoms with Crippen LogP contribution >= 0.6 is 19.1 Å². The van der Waals surface area contributed by atoms with Gasteiger partial charge in [0, 0.05) is 12.1 Å². The molecule has 2 aromatic rings. The highest BCUT2D eigenvalue weighted by molar-refractivity contribution is 7.56. The number of carboxylic acid groups (broad SMARTS) is 1. The Morgan fingerprint density at radius 2 is 1.87 bits per heavy atom. The second kappa shape index (κ2) is 9.07. The molecule has 9 atom stereocenters. The van der Waals surface area contributed by atoms with Crippen molar-refractivity contribution in [2.24, 2.45) is 16.7 Å². The lowest BCUT2D eigenvalue weighted by Crippen LogP contribution is -2.61. The molecule has 7 rings (SSSR count). The van der Waals surface area contributed by atoms with Crippen LogP contribution in [0, 0.1) is 16.7 Å². The van der Waals surface area contributed by atoms with Gasteiger partial charge in [-0.15, -0.1) is 0 Å². The highest BCUT2D eigenvalue weighted by Gasteiger charge is 2.60. The number of ether oxygens (including phenoxy) is 1. The molecule has 0 spiro atoms. The number of rotatable bonds is 8. The molecular formula is C24H34ClN6O7P. The number of nitrogens with one attached hydrogen (secondary N) is 2. The van der Waals surface area contributed by atoms with E-state index in [1.54, 1.807) is 0 Å². The molecule has 0 aromatic carbocycles.